The van der Waals surface area contributed by atoms with Crippen molar-refractivity contribution in [2.24, 2.45) is 5.92 Å². The van der Waals surface area contributed by atoms with Crippen molar-refractivity contribution < 1.29 is 0 Å². The number of rotatable bonds is 2. The Morgan fingerprint density at radius 1 is 1.00 bits per heavy atom. The lowest BCUT2D eigenvalue weighted by atomic mass is 9.92. The van der Waals surface area contributed by atoms with Crippen molar-refractivity contribution in [3.05, 3.63) is 0 Å². The molecule has 88 valence electrons. The second kappa shape index (κ2) is 5.83. The smallest absolute Gasteiger partial charge is 0.0110 e. The van der Waals surface area contributed by atoms with Gasteiger partial charge in [0.1, 0.15) is 0 Å². The molecule has 2 aliphatic heterocycles. The number of nitrogens with zero attached hydrogens (tertiary/aromatic N) is 1. The Bertz CT molecular complexity index is 170. The molecule has 3 nitrogen and oxygen atoms in total. The summed E-state index contributed by atoms with van der Waals surface area (Å²) in [6.07, 6.45) is 4.14. The molecule has 2 unspecified atom stereocenters. The van der Waals surface area contributed by atoms with E-state index < -0.39 is 0 Å². The Hall–Kier alpha value is -0.120. The van der Waals surface area contributed by atoms with Crippen molar-refractivity contribution in [2.45, 2.75) is 32.2 Å². The molecule has 2 fully saturated rings. The van der Waals surface area contributed by atoms with Crippen LogP contribution in [-0.4, -0.2) is 50.2 Å². The zero-order chi connectivity index (χ0) is 10.5. The average Bonchev–Trinajstić information content (AvgIpc) is 2.58. The normalized spacial score (nSPS) is 32.2. The molecule has 15 heavy (non-hydrogen) atoms. The van der Waals surface area contributed by atoms with E-state index in [0.717, 1.165) is 12.0 Å². The van der Waals surface area contributed by atoms with Gasteiger partial charge in [-0.15, -0.1) is 0 Å². The predicted molar refractivity (Wildman–Crippen MR) is 64.1 cm³/mol. The van der Waals surface area contributed by atoms with Crippen LogP contribution in [-0.2, 0) is 0 Å². The lowest BCUT2D eigenvalue weighted by Gasteiger charge is -2.37. The van der Waals surface area contributed by atoms with Crippen LogP contribution in [0.4, 0.5) is 0 Å². The maximum absolute atomic E-state index is 3.50. The number of hydrogen-bond acceptors (Lipinski definition) is 3. The quantitative estimate of drug-likeness (QED) is 0.703. The van der Waals surface area contributed by atoms with Crippen molar-refractivity contribution in [3.8, 4) is 0 Å². The Balaban J connectivity index is 1.83. The van der Waals surface area contributed by atoms with Crippen molar-refractivity contribution in [2.75, 3.05) is 39.3 Å². The second-order valence-corrected chi connectivity index (χ2v) is 4.97. The molecule has 0 saturated carbocycles. The summed E-state index contributed by atoms with van der Waals surface area (Å²) in [4.78, 5) is 2.67. The molecule has 0 amide bonds. The number of nitrogens with one attached hydrogen (secondary N) is 2. The van der Waals surface area contributed by atoms with Crippen LogP contribution in [0, 0.1) is 5.92 Å². The van der Waals surface area contributed by atoms with Gasteiger partial charge in [-0.05, 0) is 45.2 Å². The Morgan fingerprint density at radius 2 is 1.73 bits per heavy atom. The van der Waals surface area contributed by atoms with Crippen LogP contribution >= 0.6 is 0 Å². The number of hydrogen-bond donors (Lipinski definition) is 2. The van der Waals surface area contributed by atoms with Gasteiger partial charge in [0.05, 0.1) is 0 Å². The van der Waals surface area contributed by atoms with Crippen LogP contribution in [0.5, 0.6) is 0 Å². The molecular weight excluding hydrogens is 186 g/mol. The Kier molecular flexibility index (Phi) is 4.42. The average molecular weight is 211 g/mol. The van der Waals surface area contributed by atoms with E-state index in [2.05, 4.69) is 22.5 Å². The molecule has 2 N–H and O–H groups in total. The van der Waals surface area contributed by atoms with Crippen LogP contribution in [0.3, 0.4) is 0 Å². The van der Waals surface area contributed by atoms with E-state index >= 15 is 0 Å². The fourth-order valence-corrected chi connectivity index (χ4v) is 2.92. The molecule has 2 atom stereocenters. The summed E-state index contributed by atoms with van der Waals surface area (Å²) in [6.45, 7) is 9.72. The largest absolute Gasteiger partial charge is 0.317 e. The molecule has 2 aliphatic rings. The van der Waals surface area contributed by atoms with E-state index in [1.165, 1.54) is 58.5 Å². The molecule has 3 heteroatoms. The lowest BCUT2D eigenvalue weighted by molar-refractivity contribution is 0.129. The van der Waals surface area contributed by atoms with E-state index in [0.29, 0.717) is 0 Å². The summed E-state index contributed by atoms with van der Waals surface area (Å²) < 4.78 is 0. The van der Waals surface area contributed by atoms with Gasteiger partial charge in [0.25, 0.3) is 0 Å². The van der Waals surface area contributed by atoms with Gasteiger partial charge in [-0.2, -0.15) is 0 Å². The molecule has 2 rings (SSSR count). The van der Waals surface area contributed by atoms with Crippen molar-refractivity contribution in [1.29, 1.82) is 0 Å². The highest BCUT2D eigenvalue weighted by atomic mass is 15.2. The van der Waals surface area contributed by atoms with E-state index in [4.69, 9.17) is 0 Å². The zero-order valence-electron chi connectivity index (χ0n) is 9.97. The standard InChI is InChI=1S/C12H25N3/c1-11(15-9-7-14-8-10-15)12-3-2-5-13-6-4-12/h11-14H,2-10H2,1H3. The molecule has 0 bridgehead atoms. The highest BCUT2D eigenvalue weighted by Gasteiger charge is 2.24. The fourth-order valence-electron chi connectivity index (χ4n) is 2.92. The summed E-state index contributed by atoms with van der Waals surface area (Å²) in [5.41, 5.74) is 0. The molecule has 0 aromatic carbocycles. The summed E-state index contributed by atoms with van der Waals surface area (Å²) in [6, 6.07) is 0.784. The molecule has 0 aromatic rings. The van der Waals surface area contributed by atoms with Gasteiger partial charge >= 0.3 is 0 Å². The van der Waals surface area contributed by atoms with E-state index in [1.54, 1.807) is 0 Å². The summed E-state index contributed by atoms with van der Waals surface area (Å²) in [5.74, 6) is 0.915. The SMILES string of the molecule is CC(C1CCCNCC1)N1CCNCC1. The van der Waals surface area contributed by atoms with Crippen LogP contribution in [0.2, 0.25) is 0 Å². The fraction of sp³-hybridized carbons (Fsp3) is 1.00. The topological polar surface area (TPSA) is 27.3 Å². The van der Waals surface area contributed by atoms with Gasteiger partial charge in [0.2, 0.25) is 0 Å². The highest BCUT2D eigenvalue weighted by Crippen LogP contribution is 2.21. The van der Waals surface area contributed by atoms with Gasteiger partial charge in [0, 0.05) is 32.2 Å². The van der Waals surface area contributed by atoms with Crippen LogP contribution in [0.1, 0.15) is 26.2 Å². The first-order valence-electron chi connectivity index (χ1n) is 6.53. The molecular formula is C12H25N3. The minimum Gasteiger partial charge on any atom is -0.317 e. The minimum absolute atomic E-state index is 0.784. The zero-order valence-corrected chi connectivity index (χ0v) is 9.97. The highest BCUT2D eigenvalue weighted by molar-refractivity contribution is 4.81. The van der Waals surface area contributed by atoms with E-state index in [1.807, 2.05) is 0 Å². The van der Waals surface area contributed by atoms with Crippen molar-refractivity contribution >= 4 is 0 Å². The minimum atomic E-state index is 0.784. The van der Waals surface area contributed by atoms with Crippen LogP contribution < -0.4 is 10.6 Å². The second-order valence-electron chi connectivity index (χ2n) is 4.97. The third kappa shape index (κ3) is 3.16. The Morgan fingerprint density at radius 3 is 2.53 bits per heavy atom. The maximum atomic E-state index is 3.50. The van der Waals surface area contributed by atoms with Crippen LogP contribution in [0.25, 0.3) is 0 Å². The predicted octanol–water partition coefficient (Wildman–Crippen LogP) is 0.670. The maximum Gasteiger partial charge on any atom is 0.0110 e. The molecule has 0 aromatic heterocycles. The first kappa shape index (κ1) is 11.4. The first-order chi connectivity index (χ1) is 7.38. The molecule has 2 heterocycles. The van der Waals surface area contributed by atoms with Gasteiger partial charge in [-0.25, -0.2) is 0 Å². The molecule has 0 radical (unpaired) electrons. The molecule has 0 spiro atoms. The summed E-state index contributed by atoms with van der Waals surface area (Å²) in [7, 11) is 0. The van der Waals surface area contributed by atoms with Crippen molar-refractivity contribution in [1.82, 2.24) is 15.5 Å². The number of piperazine rings is 1. The summed E-state index contributed by atoms with van der Waals surface area (Å²) >= 11 is 0. The van der Waals surface area contributed by atoms with Gasteiger partial charge in [-0.3, -0.25) is 4.90 Å². The third-order valence-electron chi connectivity index (χ3n) is 4.03. The third-order valence-corrected chi connectivity index (χ3v) is 4.03. The Labute approximate surface area is 93.6 Å². The summed E-state index contributed by atoms with van der Waals surface area (Å²) in [5, 5.41) is 6.93. The lowest BCUT2D eigenvalue weighted by Crippen LogP contribution is -2.49. The molecule has 2 saturated heterocycles. The van der Waals surface area contributed by atoms with E-state index in [-0.39, 0.29) is 0 Å². The van der Waals surface area contributed by atoms with Gasteiger partial charge < -0.3 is 10.6 Å². The van der Waals surface area contributed by atoms with Gasteiger partial charge in [0.15, 0.2) is 0 Å². The van der Waals surface area contributed by atoms with Gasteiger partial charge in [-0.1, -0.05) is 0 Å². The monoisotopic (exact) mass is 211 g/mol. The van der Waals surface area contributed by atoms with E-state index in [9.17, 15) is 0 Å². The van der Waals surface area contributed by atoms with Crippen molar-refractivity contribution in [3.63, 3.8) is 0 Å². The van der Waals surface area contributed by atoms with Crippen LogP contribution in [0.15, 0.2) is 0 Å². The molecule has 0 aliphatic carbocycles. The first-order valence-corrected chi connectivity index (χ1v) is 6.53.